The molecule has 1 heterocycles. The van der Waals surface area contributed by atoms with Crippen molar-refractivity contribution in [3.63, 3.8) is 0 Å². The summed E-state index contributed by atoms with van der Waals surface area (Å²) >= 11 is 0. The highest BCUT2D eigenvalue weighted by Crippen LogP contribution is 2.33. The summed E-state index contributed by atoms with van der Waals surface area (Å²) in [5.74, 6) is 1.29. The van der Waals surface area contributed by atoms with Crippen molar-refractivity contribution >= 4 is 22.8 Å². The second-order valence-corrected chi connectivity index (χ2v) is 9.16. The molecule has 3 atom stereocenters. The fraction of sp³-hybridized carbons (Fsp3) is 0.393. The van der Waals surface area contributed by atoms with Crippen LogP contribution in [0.1, 0.15) is 43.5 Å². The molecule has 0 spiro atoms. The number of para-hydroxylation sites is 1. The molecule has 1 aromatic heterocycles. The summed E-state index contributed by atoms with van der Waals surface area (Å²) in [6.07, 6.45) is 3.23. The van der Waals surface area contributed by atoms with E-state index >= 15 is 0 Å². The Morgan fingerprint density at radius 2 is 1.77 bits per heavy atom. The molecule has 0 radical (unpaired) electrons. The number of hydrogen-bond acceptors (Lipinski definition) is 6. The number of esters is 1. The number of carbonyl (C=O) groups is 2. The minimum Gasteiger partial charge on any atom is -0.493 e. The van der Waals surface area contributed by atoms with Crippen molar-refractivity contribution in [1.29, 1.82) is 0 Å². The minimum absolute atomic E-state index is 0.114. The molecule has 1 fully saturated rings. The van der Waals surface area contributed by atoms with Gasteiger partial charge in [0.1, 0.15) is 0 Å². The third-order valence-electron chi connectivity index (χ3n) is 7.00. The van der Waals surface area contributed by atoms with Gasteiger partial charge in [0.25, 0.3) is 5.91 Å². The molecule has 1 saturated carbocycles. The van der Waals surface area contributed by atoms with E-state index in [1.807, 2.05) is 36.4 Å². The van der Waals surface area contributed by atoms with E-state index in [9.17, 15) is 9.59 Å². The predicted molar refractivity (Wildman–Crippen MR) is 135 cm³/mol. The van der Waals surface area contributed by atoms with Gasteiger partial charge in [0.2, 0.25) is 0 Å². The maximum absolute atomic E-state index is 13.1. The van der Waals surface area contributed by atoms with E-state index in [0.717, 1.165) is 18.4 Å². The van der Waals surface area contributed by atoms with Crippen LogP contribution in [0.15, 0.2) is 48.5 Å². The number of methoxy groups -OCH3 is 2. The van der Waals surface area contributed by atoms with Gasteiger partial charge in [-0.15, -0.1) is 0 Å². The molecule has 1 aliphatic rings. The summed E-state index contributed by atoms with van der Waals surface area (Å²) in [5, 5.41) is 3.71. The molecule has 4 rings (SSSR count). The maximum Gasteiger partial charge on any atom is 0.339 e. The van der Waals surface area contributed by atoms with Gasteiger partial charge >= 0.3 is 5.97 Å². The summed E-state index contributed by atoms with van der Waals surface area (Å²) in [4.78, 5) is 30.4. The first-order valence-corrected chi connectivity index (χ1v) is 12.0. The first kappa shape index (κ1) is 24.5. The minimum atomic E-state index is -0.564. The Bertz CT molecular complexity index is 1230. The second kappa shape index (κ2) is 10.8. The number of rotatable bonds is 7. The van der Waals surface area contributed by atoms with Crippen LogP contribution in [0.25, 0.3) is 22.2 Å². The number of nitrogens with zero attached hydrogens (tertiary/aromatic N) is 1. The van der Waals surface area contributed by atoms with E-state index in [1.54, 1.807) is 26.4 Å². The lowest BCUT2D eigenvalue weighted by Crippen LogP contribution is -2.45. The Balaban J connectivity index is 1.55. The maximum atomic E-state index is 13.1. The fourth-order valence-corrected chi connectivity index (χ4v) is 4.73. The van der Waals surface area contributed by atoms with Crippen LogP contribution < -0.4 is 14.8 Å². The number of ether oxygens (including phenoxy) is 3. The predicted octanol–water partition coefficient (Wildman–Crippen LogP) is 5.02. The number of amides is 1. The van der Waals surface area contributed by atoms with E-state index in [0.29, 0.717) is 45.5 Å². The monoisotopic (exact) mass is 476 g/mol. The van der Waals surface area contributed by atoms with E-state index in [4.69, 9.17) is 19.2 Å². The van der Waals surface area contributed by atoms with Gasteiger partial charge in [-0.3, -0.25) is 4.79 Å². The third-order valence-corrected chi connectivity index (χ3v) is 7.00. The highest BCUT2D eigenvalue weighted by atomic mass is 16.5. The van der Waals surface area contributed by atoms with Gasteiger partial charge in [0, 0.05) is 17.0 Å². The van der Waals surface area contributed by atoms with Crippen molar-refractivity contribution in [3.05, 3.63) is 54.1 Å². The first-order chi connectivity index (χ1) is 16.9. The van der Waals surface area contributed by atoms with Gasteiger partial charge in [0.15, 0.2) is 18.1 Å². The summed E-state index contributed by atoms with van der Waals surface area (Å²) in [5.41, 5.74) is 2.36. The molecule has 3 aromatic rings. The molecule has 1 N–H and O–H groups in total. The van der Waals surface area contributed by atoms with Gasteiger partial charge in [-0.05, 0) is 48.6 Å². The Morgan fingerprint density at radius 1 is 1.00 bits per heavy atom. The molecule has 0 aliphatic heterocycles. The van der Waals surface area contributed by atoms with E-state index in [-0.39, 0.29) is 18.6 Å². The molecular weight excluding hydrogens is 444 g/mol. The van der Waals surface area contributed by atoms with Crippen molar-refractivity contribution in [2.45, 2.75) is 39.2 Å². The van der Waals surface area contributed by atoms with Crippen LogP contribution in [0.3, 0.4) is 0 Å². The van der Waals surface area contributed by atoms with Crippen molar-refractivity contribution in [3.8, 4) is 22.8 Å². The average Bonchev–Trinajstić information content (AvgIpc) is 2.88. The van der Waals surface area contributed by atoms with Crippen molar-refractivity contribution in [2.24, 2.45) is 11.8 Å². The lowest BCUT2D eigenvalue weighted by atomic mass is 9.78. The largest absolute Gasteiger partial charge is 0.493 e. The molecular formula is C28H32N2O5. The van der Waals surface area contributed by atoms with Gasteiger partial charge in [-0.25, -0.2) is 9.78 Å². The molecule has 7 nitrogen and oxygen atoms in total. The number of hydrogen-bond donors (Lipinski definition) is 1. The molecule has 0 saturated heterocycles. The van der Waals surface area contributed by atoms with Gasteiger partial charge < -0.3 is 19.5 Å². The van der Waals surface area contributed by atoms with Gasteiger partial charge in [0.05, 0.1) is 31.0 Å². The van der Waals surface area contributed by atoms with E-state index in [1.165, 1.54) is 6.42 Å². The topological polar surface area (TPSA) is 86.8 Å². The van der Waals surface area contributed by atoms with Gasteiger partial charge in [-0.2, -0.15) is 0 Å². The fourth-order valence-electron chi connectivity index (χ4n) is 4.73. The smallest absolute Gasteiger partial charge is 0.339 e. The summed E-state index contributed by atoms with van der Waals surface area (Å²) < 4.78 is 16.2. The zero-order chi connectivity index (χ0) is 24.9. The quantitative estimate of drug-likeness (QED) is 0.482. The van der Waals surface area contributed by atoms with E-state index < -0.39 is 5.97 Å². The molecule has 2 aromatic carbocycles. The number of carbonyl (C=O) groups excluding carboxylic acids is 2. The number of benzene rings is 2. The van der Waals surface area contributed by atoms with Crippen LogP contribution in [-0.4, -0.2) is 43.7 Å². The van der Waals surface area contributed by atoms with Crippen molar-refractivity contribution in [2.75, 3.05) is 20.8 Å². The first-order valence-electron chi connectivity index (χ1n) is 12.0. The summed E-state index contributed by atoms with van der Waals surface area (Å²) in [7, 11) is 3.14. The van der Waals surface area contributed by atoms with Gasteiger partial charge in [-0.1, -0.05) is 44.9 Å². The van der Waals surface area contributed by atoms with Crippen LogP contribution in [0.2, 0.25) is 0 Å². The SMILES string of the molecule is COc1ccc(-c2cc(C(=O)OCC(=O)N[C@@H]3CCC[C@H](C)[C@@H]3C)c3ccccc3n2)cc1OC. The number of nitrogens with one attached hydrogen (secondary N) is 1. The van der Waals surface area contributed by atoms with Crippen LogP contribution >= 0.6 is 0 Å². The lowest BCUT2D eigenvalue weighted by molar-refractivity contribution is -0.125. The van der Waals surface area contributed by atoms with Crippen molar-refractivity contribution in [1.82, 2.24) is 10.3 Å². The van der Waals surface area contributed by atoms with E-state index in [2.05, 4.69) is 19.2 Å². The van der Waals surface area contributed by atoms with Crippen LogP contribution in [0, 0.1) is 11.8 Å². The second-order valence-electron chi connectivity index (χ2n) is 9.16. The Hall–Kier alpha value is -3.61. The van der Waals surface area contributed by atoms with Crippen molar-refractivity contribution < 1.29 is 23.8 Å². The highest BCUT2D eigenvalue weighted by Gasteiger charge is 2.28. The standard InChI is InChI=1S/C28H32N2O5/c1-17-8-7-11-22(18(17)2)30-27(31)16-35-28(32)21-15-24(29-23-10-6-5-9-20(21)23)19-12-13-25(33-3)26(14-19)34-4/h5-6,9-10,12-15,17-18,22H,7-8,11,16H2,1-4H3,(H,30,31)/t17-,18-,22+/m0/s1. The Morgan fingerprint density at radius 3 is 2.54 bits per heavy atom. The highest BCUT2D eigenvalue weighted by molar-refractivity contribution is 6.05. The molecule has 0 unspecified atom stereocenters. The van der Waals surface area contributed by atoms with Crippen LogP contribution in [0.5, 0.6) is 11.5 Å². The average molecular weight is 477 g/mol. The summed E-state index contributed by atoms with van der Waals surface area (Å²) in [6.45, 7) is 4.06. The molecule has 1 amide bonds. The zero-order valence-corrected chi connectivity index (χ0v) is 20.7. The zero-order valence-electron chi connectivity index (χ0n) is 20.7. The molecule has 184 valence electrons. The normalized spacial score (nSPS) is 19.7. The molecule has 1 aliphatic carbocycles. The number of fused-ring (bicyclic) bond motifs is 1. The summed E-state index contributed by atoms with van der Waals surface area (Å²) in [6, 6.07) is 14.6. The Labute approximate surface area is 205 Å². The molecule has 7 heteroatoms. The Kier molecular flexibility index (Phi) is 7.54. The number of aromatic nitrogens is 1. The number of pyridine rings is 1. The lowest BCUT2D eigenvalue weighted by Gasteiger charge is -2.34. The van der Waals surface area contributed by atoms with Crippen LogP contribution in [-0.2, 0) is 9.53 Å². The third kappa shape index (κ3) is 5.39. The van der Waals surface area contributed by atoms with Crippen LogP contribution in [0.4, 0.5) is 0 Å². The molecule has 0 bridgehead atoms. The molecule has 35 heavy (non-hydrogen) atoms.